The predicted octanol–water partition coefficient (Wildman–Crippen LogP) is 3.15. The number of ether oxygens (including phenoxy) is 1. The van der Waals surface area contributed by atoms with Crippen molar-refractivity contribution in [3.05, 3.63) is 114 Å². The number of fused-ring (bicyclic) bond motifs is 1. The Hall–Kier alpha value is -3.80. The van der Waals surface area contributed by atoms with Crippen molar-refractivity contribution in [2.45, 2.75) is 34.5 Å². The number of nitrogen functional groups attached to an aromatic ring is 1. The Balaban J connectivity index is 1.73. The van der Waals surface area contributed by atoms with E-state index in [2.05, 4.69) is 15.0 Å². The van der Waals surface area contributed by atoms with Crippen LogP contribution in [0.3, 0.4) is 0 Å². The van der Waals surface area contributed by atoms with E-state index in [0.29, 0.717) is 16.2 Å². The van der Waals surface area contributed by atoms with E-state index in [1.165, 1.54) is 18.1 Å². The summed E-state index contributed by atoms with van der Waals surface area (Å²) in [6.45, 7) is -0.520. The van der Waals surface area contributed by atoms with E-state index < -0.39 is 36.1 Å². The number of benzene rings is 3. The molecule has 9 nitrogen and oxygen atoms in total. The maximum atomic E-state index is 13.3. The molecule has 1 aliphatic rings. The van der Waals surface area contributed by atoms with Crippen LogP contribution < -0.4 is 5.73 Å². The average Bonchev–Trinajstić information content (AvgIpc) is 3.53. The van der Waals surface area contributed by atoms with Crippen molar-refractivity contribution in [2.24, 2.45) is 0 Å². The second kappa shape index (κ2) is 10.3. The van der Waals surface area contributed by atoms with Gasteiger partial charge in [0.15, 0.2) is 17.5 Å². The van der Waals surface area contributed by atoms with E-state index >= 15 is 0 Å². The highest BCUT2D eigenvalue weighted by atomic mass is 32.2. The summed E-state index contributed by atoms with van der Waals surface area (Å²) in [6, 6.07) is 28.6. The van der Waals surface area contributed by atoms with Gasteiger partial charge in [-0.25, -0.2) is 9.97 Å². The van der Waals surface area contributed by atoms with Crippen LogP contribution in [0, 0.1) is 0 Å². The van der Waals surface area contributed by atoms with Gasteiger partial charge in [-0.1, -0.05) is 91.0 Å². The van der Waals surface area contributed by atoms with Crippen molar-refractivity contribution in [1.29, 1.82) is 0 Å². The predicted molar refractivity (Wildman–Crippen MR) is 153 cm³/mol. The van der Waals surface area contributed by atoms with Gasteiger partial charge in [0.2, 0.25) is 5.95 Å². The first kappa shape index (κ1) is 26.4. The number of hydrogen-bond acceptors (Lipinski definition) is 9. The molecular formula is C30H29N5O4S. The summed E-state index contributed by atoms with van der Waals surface area (Å²) in [5.74, 6) is 0.0415. The van der Waals surface area contributed by atoms with Gasteiger partial charge in [0.25, 0.3) is 0 Å². The van der Waals surface area contributed by atoms with Crippen LogP contribution >= 0.6 is 11.8 Å². The van der Waals surface area contributed by atoms with Gasteiger partial charge in [-0.2, -0.15) is 4.98 Å². The van der Waals surface area contributed by atoms with Gasteiger partial charge in [-0.3, -0.25) is 4.57 Å². The second-order valence-corrected chi connectivity index (χ2v) is 10.5. The van der Waals surface area contributed by atoms with Crippen LogP contribution in [-0.2, 0) is 10.2 Å². The van der Waals surface area contributed by atoms with Gasteiger partial charge in [-0.05, 0) is 22.9 Å². The molecule has 204 valence electrons. The van der Waals surface area contributed by atoms with Gasteiger partial charge in [0.1, 0.15) is 22.8 Å². The smallest absolute Gasteiger partial charge is 0.223 e. The van der Waals surface area contributed by atoms with Gasteiger partial charge in [0.05, 0.1) is 18.3 Å². The molecule has 5 aromatic rings. The monoisotopic (exact) mass is 555 g/mol. The van der Waals surface area contributed by atoms with Gasteiger partial charge < -0.3 is 25.8 Å². The molecule has 6 rings (SSSR count). The van der Waals surface area contributed by atoms with Crippen molar-refractivity contribution in [1.82, 2.24) is 19.5 Å². The van der Waals surface area contributed by atoms with E-state index in [-0.39, 0.29) is 5.95 Å². The number of anilines is 1. The summed E-state index contributed by atoms with van der Waals surface area (Å²) in [6.07, 6.45) is -0.512. The Morgan fingerprint density at radius 3 is 1.93 bits per heavy atom. The lowest BCUT2D eigenvalue weighted by molar-refractivity contribution is -0.136. The lowest BCUT2D eigenvalue weighted by atomic mass is 9.57. The van der Waals surface area contributed by atoms with Crippen LogP contribution in [0.15, 0.2) is 102 Å². The number of rotatable bonds is 7. The quantitative estimate of drug-likeness (QED) is 0.135. The molecule has 1 fully saturated rings. The third-order valence-corrected chi connectivity index (χ3v) is 8.41. The standard InChI is InChI=1S/C30H29N5O4S/c1-40-26-23-25(33-28(31)34-26)35(18-32-23)27-30(38,24(37)22(17-36)39-27)29(19-11-5-2-6-12-19,20-13-7-3-8-14-20)21-15-9-4-10-16-21/h2-16,18,22,24,27,36-38H,17H2,1H3,(H2,31,33,34)/t22-,24-,27-,30-/m1/s1. The largest absolute Gasteiger partial charge is 0.394 e. The van der Waals surface area contributed by atoms with Crippen LogP contribution in [0.1, 0.15) is 22.9 Å². The summed E-state index contributed by atoms with van der Waals surface area (Å²) in [5, 5.41) is 36.2. The topological polar surface area (TPSA) is 140 Å². The Labute approximate surface area is 235 Å². The second-order valence-electron chi connectivity index (χ2n) is 9.74. The molecule has 0 saturated carbocycles. The van der Waals surface area contributed by atoms with Crippen molar-refractivity contribution in [3.8, 4) is 0 Å². The molecule has 5 N–H and O–H groups in total. The number of nitrogens with two attached hydrogens (primary N) is 1. The maximum Gasteiger partial charge on any atom is 0.223 e. The Morgan fingerprint density at radius 2 is 1.45 bits per heavy atom. The van der Waals surface area contributed by atoms with Gasteiger partial charge in [0, 0.05) is 0 Å². The number of aromatic nitrogens is 4. The zero-order valence-electron chi connectivity index (χ0n) is 21.7. The van der Waals surface area contributed by atoms with E-state index in [0.717, 1.165) is 16.7 Å². The summed E-state index contributed by atoms with van der Waals surface area (Å²) in [7, 11) is 0. The Morgan fingerprint density at radius 1 is 0.925 bits per heavy atom. The summed E-state index contributed by atoms with van der Waals surface area (Å²) in [4.78, 5) is 13.3. The number of thioether (sulfide) groups is 1. The van der Waals surface area contributed by atoms with Crippen LogP contribution in [-0.4, -0.2) is 65.5 Å². The van der Waals surface area contributed by atoms with Crippen molar-refractivity contribution >= 4 is 28.9 Å². The van der Waals surface area contributed by atoms with Crippen molar-refractivity contribution in [3.63, 3.8) is 0 Å². The van der Waals surface area contributed by atoms with Crippen LogP contribution in [0.2, 0.25) is 0 Å². The Kier molecular flexibility index (Phi) is 6.81. The summed E-state index contributed by atoms with van der Waals surface area (Å²) in [5.41, 5.74) is 5.61. The maximum absolute atomic E-state index is 13.3. The first-order valence-corrected chi connectivity index (χ1v) is 14.1. The number of aliphatic hydroxyl groups excluding tert-OH is 2. The summed E-state index contributed by atoms with van der Waals surface area (Å²) < 4.78 is 7.92. The van der Waals surface area contributed by atoms with E-state index in [1.54, 1.807) is 4.57 Å². The molecule has 4 atom stereocenters. The minimum absolute atomic E-state index is 0.0415. The fourth-order valence-corrected chi connectivity index (χ4v) is 6.60. The molecule has 1 aliphatic heterocycles. The zero-order valence-corrected chi connectivity index (χ0v) is 22.5. The normalized spacial score (nSPS) is 23.1. The Bertz CT molecular complexity index is 1520. The minimum Gasteiger partial charge on any atom is -0.394 e. The number of hydrogen-bond donors (Lipinski definition) is 4. The fourth-order valence-electron chi connectivity index (χ4n) is 6.08. The van der Waals surface area contributed by atoms with Crippen molar-refractivity contribution in [2.75, 3.05) is 18.6 Å². The molecule has 0 spiro atoms. The number of imidazole rings is 1. The highest BCUT2D eigenvalue weighted by Crippen LogP contribution is 2.57. The van der Waals surface area contributed by atoms with E-state index in [1.807, 2.05) is 97.3 Å². The molecule has 1 saturated heterocycles. The third-order valence-electron chi connectivity index (χ3n) is 7.74. The van der Waals surface area contributed by atoms with E-state index in [9.17, 15) is 15.3 Å². The lowest BCUT2D eigenvalue weighted by Gasteiger charge is -2.50. The minimum atomic E-state index is -2.09. The van der Waals surface area contributed by atoms with Gasteiger partial charge >= 0.3 is 0 Å². The SMILES string of the molecule is CSc1nc(N)nc2c1ncn2[C@@H]1O[C@H](CO)[C@@H](O)[C@]1(O)C(c1ccccc1)(c1ccccc1)c1ccccc1. The molecule has 3 heterocycles. The first-order valence-electron chi connectivity index (χ1n) is 12.8. The highest BCUT2D eigenvalue weighted by Gasteiger charge is 2.68. The zero-order chi connectivity index (χ0) is 27.9. The first-order chi connectivity index (χ1) is 19.5. The average molecular weight is 556 g/mol. The molecule has 2 aromatic heterocycles. The molecule has 10 heteroatoms. The van der Waals surface area contributed by atoms with Crippen molar-refractivity contribution < 1.29 is 20.1 Å². The van der Waals surface area contributed by atoms with Crippen LogP contribution in [0.25, 0.3) is 11.2 Å². The van der Waals surface area contributed by atoms with Crippen LogP contribution in [0.4, 0.5) is 5.95 Å². The lowest BCUT2D eigenvalue weighted by Crippen LogP contribution is -2.62. The summed E-state index contributed by atoms with van der Waals surface area (Å²) >= 11 is 1.37. The molecule has 0 unspecified atom stereocenters. The third kappa shape index (κ3) is 3.75. The molecular weight excluding hydrogens is 526 g/mol. The highest BCUT2D eigenvalue weighted by molar-refractivity contribution is 7.98. The fraction of sp³-hybridized carbons (Fsp3) is 0.233. The van der Waals surface area contributed by atoms with E-state index in [4.69, 9.17) is 10.5 Å². The molecule has 0 amide bonds. The number of aliphatic hydroxyl groups is 3. The molecule has 3 aromatic carbocycles. The molecule has 0 aliphatic carbocycles. The van der Waals surface area contributed by atoms with Crippen LogP contribution in [0.5, 0.6) is 0 Å². The van der Waals surface area contributed by atoms with Gasteiger partial charge in [-0.15, -0.1) is 11.8 Å². The molecule has 0 bridgehead atoms. The number of nitrogens with zero attached hydrogens (tertiary/aromatic N) is 4. The molecule has 0 radical (unpaired) electrons. The molecule has 40 heavy (non-hydrogen) atoms.